The molecule has 4 nitrogen and oxygen atoms in total. The molecule has 1 aromatic carbocycles. The number of rotatable bonds is 3. The lowest BCUT2D eigenvalue weighted by Crippen LogP contribution is -2.43. The summed E-state index contributed by atoms with van der Waals surface area (Å²) < 4.78 is 0. The number of piperazine rings is 1. The van der Waals surface area contributed by atoms with Crippen LogP contribution in [0.5, 0.6) is 0 Å². The van der Waals surface area contributed by atoms with Crippen LogP contribution in [0, 0.1) is 6.92 Å². The number of nitrogens with zero attached hydrogens (tertiary/aromatic N) is 1. The zero-order valence-electron chi connectivity index (χ0n) is 11.5. The fourth-order valence-corrected chi connectivity index (χ4v) is 2.32. The topological polar surface area (TPSA) is 44.4 Å². The highest BCUT2D eigenvalue weighted by atomic mass is 35.5. The molecule has 0 unspecified atom stereocenters. The van der Waals surface area contributed by atoms with E-state index in [4.69, 9.17) is 0 Å². The smallest absolute Gasteiger partial charge is 0.251 e. The van der Waals surface area contributed by atoms with Gasteiger partial charge in [-0.2, -0.15) is 0 Å². The number of nitrogens with one attached hydrogen (secondary N) is 2. The summed E-state index contributed by atoms with van der Waals surface area (Å²) >= 11 is 0. The van der Waals surface area contributed by atoms with Gasteiger partial charge in [-0.25, -0.2) is 0 Å². The minimum absolute atomic E-state index is 0. The SMILES string of the molecule is CCNC(=O)c1ccc(N2CCNCC2)c(C)c1.Cl. The number of aryl methyl sites for hydroxylation is 1. The second kappa shape index (κ2) is 7.36. The van der Waals surface area contributed by atoms with Crippen molar-refractivity contribution < 1.29 is 4.79 Å². The molecule has 1 aromatic rings. The third-order valence-electron chi connectivity index (χ3n) is 3.25. The van der Waals surface area contributed by atoms with Crippen LogP contribution in [-0.4, -0.2) is 38.6 Å². The molecule has 106 valence electrons. The number of hydrogen-bond donors (Lipinski definition) is 2. The lowest BCUT2D eigenvalue weighted by molar-refractivity contribution is 0.0956. The van der Waals surface area contributed by atoms with Gasteiger partial charge in [-0.15, -0.1) is 12.4 Å². The molecule has 2 N–H and O–H groups in total. The van der Waals surface area contributed by atoms with Crippen LogP contribution in [-0.2, 0) is 0 Å². The minimum atomic E-state index is 0. The molecule has 1 saturated heterocycles. The van der Waals surface area contributed by atoms with Crippen molar-refractivity contribution in [3.05, 3.63) is 29.3 Å². The van der Waals surface area contributed by atoms with Crippen molar-refractivity contribution in [1.82, 2.24) is 10.6 Å². The number of hydrogen-bond acceptors (Lipinski definition) is 3. The van der Waals surface area contributed by atoms with Crippen molar-refractivity contribution >= 4 is 24.0 Å². The summed E-state index contributed by atoms with van der Waals surface area (Å²) in [5.74, 6) is 0.00691. The van der Waals surface area contributed by atoms with E-state index in [-0.39, 0.29) is 18.3 Å². The van der Waals surface area contributed by atoms with Crippen molar-refractivity contribution in [2.75, 3.05) is 37.6 Å². The molecule has 1 fully saturated rings. The monoisotopic (exact) mass is 283 g/mol. The average Bonchev–Trinajstić information content (AvgIpc) is 2.40. The van der Waals surface area contributed by atoms with Crippen LogP contribution in [0.2, 0.25) is 0 Å². The Morgan fingerprint density at radius 3 is 2.63 bits per heavy atom. The highest BCUT2D eigenvalue weighted by molar-refractivity contribution is 5.94. The van der Waals surface area contributed by atoms with E-state index in [1.165, 1.54) is 11.3 Å². The lowest BCUT2D eigenvalue weighted by Gasteiger charge is -2.30. The third-order valence-corrected chi connectivity index (χ3v) is 3.25. The number of anilines is 1. The highest BCUT2D eigenvalue weighted by Gasteiger charge is 2.14. The Balaban J connectivity index is 0.00000180. The van der Waals surface area contributed by atoms with Crippen LogP contribution >= 0.6 is 12.4 Å². The molecule has 0 radical (unpaired) electrons. The molecule has 0 aliphatic carbocycles. The predicted molar refractivity (Wildman–Crippen MR) is 81.5 cm³/mol. The maximum atomic E-state index is 11.7. The fraction of sp³-hybridized carbons (Fsp3) is 0.500. The molecular formula is C14H22ClN3O. The second-order valence-corrected chi connectivity index (χ2v) is 4.60. The van der Waals surface area contributed by atoms with Gasteiger partial charge < -0.3 is 15.5 Å². The Morgan fingerprint density at radius 1 is 1.37 bits per heavy atom. The summed E-state index contributed by atoms with van der Waals surface area (Å²) in [7, 11) is 0. The second-order valence-electron chi connectivity index (χ2n) is 4.60. The number of benzene rings is 1. The molecule has 1 aliphatic heterocycles. The summed E-state index contributed by atoms with van der Waals surface area (Å²) in [4.78, 5) is 14.1. The molecule has 1 aliphatic rings. The summed E-state index contributed by atoms with van der Waals surface area (Å²) in [5, 5.41) is 6.17. The quantitative estimate of drug-likeness (QED) is 0.885. The Hall–Kier alpha value is -1.26. The highest BCUT2D eigenvalue weighted by Crippen LogP contribution is 2.21. The Morgan fingerprint density at radius 2 is 2.05 bits per heavy atom. The van der Waals surface area contributed by atoms with Crippen molar-refractivity contribution in [2.24, 2.45) is 0 Å². The maximum Gasteiger partial charge on any atom is 0.251 e. The summed E-state index contributed by atoms with van der Waals surface area (Å²) in [6, 6.07) is 5.95. The summed E-state index contributed by atoms with van der Waals surface area (Å²) in [6.45, 7) is 8.77. The summed E-state index contributed by atoms with van der Waals surface area (Å²) in [6.07, 6.45) is 0. The number of carbonyl (C=O) groups excluding carboxylic acids is 1. The summed E-state index contributed by atoms with van der Waals surface area (Å²) in [5.41, 5.74) is 3.15. The van der Waals surface area contributed by atoms with E-state index in [1.807, 2.05) is 19.1 Å². The van der Waals surface area contributed by atoms with E-state index < -0.39 is 0 Å². The average molecular weight is 284 g/mol. The largest absolute Gasteiger partial charge is 0.369 e. The zero-order valence-corrected chi connectivity index (χ0v) is 12.3. The fourth-order valence-electron chi connectivity index (χ4n) is 2.32. The molecule has 0 atom stereocenters. The lowest BCUT2D eigenvalue weighted by atomic mass is 10.1. The van der Waals surface area contributed by atoms with Crippen LogP contribution in [0.3, 0.4) is 0 Å². The number of amides is 1. The van der Waals surface area contributed by atoms with Gasteiger partial charge in [-0.3, -0.25) is 4.79 Å². The van der Waals surface area contributed by atoms with Gasteiger partial charge in [0, 0.05) is 44.0 Å². The van der Waals surface area contributed by atoms with Crippen molar-refractivity contribution in [3.63, 3.8) is 0 Å². The molecule has 0 spiro atoms. The molecular weight excluding hydrogens is 262 g/mol. The van der Waals surface area contributed by atoms with Gasteiger partial charge in [0.15, 0.2) is 0 Å². The minimum Gasteiger partial charge on any atom is -0.369 e. The van der Waals surface area contributed by atoms with Gasteiger partial charge in [0.1, 0.15) is 0 Å². The van der Waals surface area contributed by atoms with Gasteiger partial charge in [0.05, 0.1) is 0 Å². The molecule has 0 bridgehead atoms. The van der Waals surface area contributed by atoms with E-state index in [0.717, 1.165) is 31.7 Å². The molecule has 1 amide bonds. The molecule has 5 heteroatoms. The maximum absolute atomic E-state index is 11.7. The molecule has 2 rings (SSSR count). The van der Waals surface area contributed by atoms with E-state index in [0.29, 0.717) is 6.54 Å². The predicted octanol–water partition coefficient (Wildman–Crippen LogP) is 1.58. The normalized spacial score (nSPS) is 14.7. The Kier molecular flexibility index (Phi) is 6.12. The first-order chi connectivity index (χ1) is 8.72. The van der Waals surface area contributed by atoms with Gasteiger partial charge in [0.25, 0.3) is 5.91 Å². The molecule has 1 heterocycles. The Labute approximate surface area is 121 Å². The Bertz CT molecular complexity index is 431. The van der Waals surface area contributed by atoms with Gasteiger partial charge in [-0.05, 0) is 37.6 Å². The standard InChI is InChI=1S/C14H21N3O.ClH/c1-3-16-14(18)12-4-5-13(11(2)10-12)17-8-6-15-7-9-17;/h4-5,10,15H,3,6-9H2,1-2H3,(H,16,18);1H. The van der Waals surface area contributed by atoms with Crippen molar-refractivity contribution in [3.8, 4) is 0 Å². The first kappa shape index (κ1) is 15.8. The zero-order chi connectivity index (χ0) is 13.0. The number of halogens is 1. The van der Waals surface area contributed by atoms with Crippen LogP contribution in [0.4, 0.5) is 5.69 Å². The van der Waals surface area contributed by atoms with Crippen molar-refractivity contribution in [1.29, 1.82) is 0 Å². The van der Waals surface area contributed by atoms with Gasteiger partial charge in [-0.1, -0.05) is 0 Å². The molecule has 19 heavy (non-hydrogen) atoms. The van der Waals surface area contributed by atoms with Crippen LogP contribution < -0.4 is 15.5 Å². The van der Waals surface area contributed by atoms with Crippen LogP contribution in [0.1, 0.15) is 22.8 Å². The van der Waals surface area contributed by atoms with E-state index in [2.05, 4.69) is 28.5 Å². The molecule has 0 aromatic heterocycles. The van der Waals surface area contributed by atoms with Crippen LogP contribution in [0.25, 0.3) is 0 Å². The first-order valence-corrected chi connectivity index (χ1v) is 6.57. The van der Waals surface area contributed by atoms with E-state index >= 15 is 0 Å². The number of carbonyl (C=O) groups is 1. The van der Waals surface area contributed by atoms with Gasteiger partial charge in [0.2, 0.25) is 0 Å². The van der Waals surface area contributed by atoms with E-state index in [1.54, 1.807) is 0 Å². The third kappa shape index (κ3) is 3.85. The van der Waals surface area contributed by atoms with Gasteiger partial charge >= 0.3 is 0 Å². The molecule has 0 saturated carbocycles. The first-order valence-electron chi connectivity index (χ1n) is 6.57. The van der Waals surface area contributed by atoms with Crippen molar-refractivity contribution in [2.45, 2.75) is 13.8 Å². The van der Waals surface area contributed by atoms with E-state index in [9.17, 15) is 4.79 Å². The van der Waals surface area contributed by atoms with Crippen LogP contribution in [0.15, 0.2) is 18.2 Å².